The highest BCUT2D eigenvalue weighted by molar-refractivity contribution is 5.85. The van der Waals surface area contributed by atoms with E-state index in [2.05, 4.69) is 10.1 Å². The van der Waals surface area contributed by atoms with Crippen molar-refractivity contribution in [2.24, 2.45) is 5.73 Å². The number of alkyl halides is 2. The van der Waals surface area contributed by atoms with Crippen LogP contribution < -0.4 is 15.8 Å². The maximum Gasteiger partial charge on any atom is 0.387 e. The van der Waals surface area contributed by atoms with Gasteiger partial charge in [0.2, 0.25) is 5.91 Å². The monoisotopic (exact) mass is 322 g/mol. The van der Waals surface area contributed by atoms with E-state index in [9.17, 15) is 13.6 Å². The van der Waals surface area contributed by atoms with Crippen molar-refractivity contribution in [1.29, 1.82) is 0 Å². The average Bonchev–Trinajstić information content (AvgIpc) is 2.36. The van der Waals surface area contributed by atoms with Gasteiger partial charge in [0.1, 0.15) is 5.75 Å². The molecule has 0 fully saturated rings. The lowest BCUT2D eigenvalue weighted by atomic mass is 9.96. The van der Waals surface area contributed by atoms with Crippen LogP contribution in [0, 0.1) is 0 Å². The number of ether oxygens (including phenoxy) is 1. The summed E-state index contributed by atoms with van der Waals surface area (Å²) in [5.74, 6) is -0.261. The van der Waals surface area contributed by atoms with Gasteiger partial charge in [-0.15, -0.1) is 12.4 Å². The van der Waals surface area contributed by atoms with Gasteiger partial charge in [-0.05, 0) is 19.4 Å². The fraction of sp³-hybridized carbons (Fsp3) is 0.500. The van der Waals surface area contributed by atoms with Gasteiger partial charge < -0.3 is 15.8 Å². The third kappa shape index (κ3) is 6.27. The molecule has 0 saturated carbocycles. The summed E-state index contributed by atoms with van der Waals surface area (Å²) in [7, 11) is 0. The molecule has 21 heavy (non-hydrogen) atoms. The van der Waals surface area contributed by atoms with E-state index in [1.165, 1.54) is 6.07 Å². The van der Waals surface area contributed by atoms with Gasteiger partial charge in [0, 0.05) is 12.1 Å². The van der Waals surface area contributed by atoms with E-state index in [4.69, 9.17) is 5.73 Å². The molecule has 1 atom stereocenters. The van der Waals surface area contributed by atoms with Crippen molar-refractivity contribution in [3.63, 3.8) is 0 Å². The van der Waals surface area contributed by atoms with Crippen LogP contribution in [0.2, 0.25) is 0 Å². The summed E-state index contributed by atoms with van der Waals surface area (Å²) in [6, 6.07) is 6.33. The Balaban J connectivity index is 0.00000400. The number of carbonyl (C=O) groups is 1. The number of amides is 1. The summed E-state index contributed by atoms with van der Waals surface area (Å²) in [6.07, 6.45) is 1.33. The number of carbonyl (C=O) groups excluding carboxylic acids is 1. The number of benzene rings is 1. The first-order valence-corrected chi connectivity index (χ1v) is 6.46. The highest BCUT2D eigenvalue weighted by Crippen LogP contribution is 2.20. The second-order valence-electron chi connectivity index (χ2n) is 4.84. The molecular weight excluding hydrogens is 302 g/mol. The third-order valence-electron chi connectivity index (χ3n) is 2.92. The molecule has 0 aliphatic rings. The van der Waals surface area contributed by atoms with Gasteiger partial charge in [-0.25, -0.2) is 0 Å². The zero-order chi connectivity index (χ0) is 15.2. The topological polar surface area (TPSA) is 64.4 Å². The Morgan fingerprint density at radius 3 is 2.62 bits per heavy atom. The van der Waals surface area contributed by atoms with Crippen molar-refractivity contribution >= 4 is 18.3 Å². The molecule has 1 amide bonds. The molecule has 0 aliphatic heterocycles. The molecule has 1 aromatic rings. The molecule has 120 valence electrons. The molecule has 0 spiro atoms. The lowest BCUT2D eigenvalue weighted by Gasteiger charge is -2.23. The third-order valence-corrected chi connectivity index (χ3v) is 2.92. The fourth-order valence-corrected chi connectivity index (χ4v) is 1.87. The van der Waals surface area contributed by atoms with Crippen molar-refractivity contribution in [2.75, 3.05) is 0 Å². The van der Waals surface area contributed by atoms with Crippen LogP contribution >= 0.6 is 12.4 Å². The van der Waals surface area contributed by atoms with Crippen LogP contribution in [0.15, 0.2) is 24.3 Å². The van der Waals surface area contributed by atoms with Gasteiger partial charge in [0.05, 0.1) is 5.54 Å². The summed E-state index contributed by atoms with van der Waals surface area (Å²) < 4.78 is 28.9. The first-order chi connectivity index (χ1) is 9.36. The summed E-state index contributed by atoms with van der Waals surface area (Å²) in [6.45, 7) is 0.780. The summed E-state index contributed by atoms with van der Waals surface area (Å²) in [5.41, 5.74) is 5.41. The van der Waals surface area contributed by atoms with Crippen molar-refractivity contribution in [3.05, 3.63) is 29.8 Å². The SMILES string of the molecule is CCCC(C)(N)C(=O)NCc1ccccc1OC(F)F.Cl. The average molecular weight is 323 g/mol. The number of nitrogens with one attached hydrogen (secondary N) is 1. The number of nitrogens with two attached hydrogens (primary N) is 1. The first kappa shape index (κ1) is 19.6. The lowest BCUT2D eigenvalue weighted by molar-refractivity contribution is -0.126. The molecule has 1 aromatic carbocycles. The molecule has 4 nitrogen and oxygen atoms in total. The normalized spacial score (nSPS) is 13.2. The van der Waals surface area contributed by atoms with E-state index in [0.717, 1.165) is 6.42 Å². The highest BCUT2D eigenvalue weighted by Gasteiger charge is 2.26. The van der Waals surface area contributed by atoms with Crippen LogP contribution in [0.3, 0.4) is 0 Å². The minimum absolute atomic E-state index is 0. The number of hydrogen-bond acceptors (Lipinski definition) is 3. The van der Waals surface area contributed by atoms with Crippen molar-refractivity contribution in [1.82, 2.24) is 5.32 Å². The fourth-order valence-electron chi connectivity index (χ4n) is 1.87. The number of rotatable bonds is 7. The minimum atomic E-state index is -2.90. The molecule has 0 heterocycles. The Labute approximate surface area is 129 Å². The Kier molecular flexibility index (Phi) is 8.21. The van der Waals surface area contributed by atoms with Gasteiger partial charge in [0.15, 0.2) is 0 Å². The van der Waals surface area contributed by atoms with Gasteiger partial charge >= 0.3 is 6.61 Å². The van der Waals surface area contributed by atoms with Gasteiger partial charge in [-0.2, -0.15) is 8.78 Å². The molecule has 0 bridgehead atoms. The van der Waals surface area contributed by atoms with Crippen LogP contribution in [0.1, 0.15) is 32.3 Å². The molecule has 0 aromatic heterocycles. The number of hydrogen-bond donors (Lipinski definition) is 2. The summed E-state index contributed by atoms with van der Waals surface area (Å²) in [5, 5.41) is 2.65. The Hall–Kier alpha value is -1.40. The van der Waals surface area contributed by atoms with E-state index in [0.29, 0.717) is 12.0 Å². The number of halogens is 3. The van der Waals surface area contributed by atoms with Crippen LogP contribution in [-0.4, -0.2) is 18.1 Å². The van der Waals surface area contributed by atoms with Crippen LogP contribution in [-0.2, 0) is 11.3 Å². The molecule has 0 saturated heterocycles. The van der Waals surface area contributed by atoms with Crippen molar-refractivity contribution in [2.45, 2.75) is 45.4 Å². The second kappa shape index (κ2) is 8.79. The molecule has 1 unspecified atom stereocenters. The molecular formula is C14H21ClF2N2O2. The van der Waals surface area contributed by atoms with E-state index in [-0.39, 0.29) is 30.6 Å². The minimum Gasteiger partial charge on any atom is -0.434 e. The first-order valence-electron chi connectivity index (χ1n) is 6.46. The Morgan fingerprint density at radius 2 is 2.05 bits per heavy atom. The van der Waals surface area contributed by atoms with Gasteiger partial charge in [-0.3, -0.25) is 4.79 Å². The predicted molar refractivity (Wildman–Crippen MR) is 79.7 cm³/mol. The second-order valence-corrected chi connectivity index (χ2v) is 4.84. The zero-order valence-electron chi connectivity index (χ0n) is 12.1. The van der Waals surface area contributed by atoms with Crippen LogP contribution in [0.4, 0.5) is 8.78 Å². The maximum absolute atomic E-state index is 12.3. The molecule has 3 N–H and O–H groups in total. The van der Waals surface area contributed by atoms with Gasteiger partial charge in [0.25, 0.3) is 0 Å². The van der Waals surface area contributed by atoms with E-state index >= 15 is 0 Å². The molecule has 1 rings (SSSR count). The standard InChI is InChI=1S/C14H20F2N2O2.ClH/c1-3-8-14(2,17)12(19)18-9-10-6-4-5-7-11(10)20-13(15)16;/h4-7,13H,3,8-9,17H2,1-2H3,(H,18,19);1H. The predicted octanol–water partition coefficient (Wildman–Crippen LogP) is 2.84. The van der Waals surface area contributed by atoms with Crippen LogP contribution in [0.5, 0.6) is 5.75 Å². The summed E-state index contributed by atoms with van der Waals surface area (Å²) >= 11 is 0. The molecule has 7 heteroatoms. The molecule has 0 radical (unpaired) electrons. The van der Waals surface area contributed by atoms with E-state index in [1.54, 1.807) is 25.1 Å². The van der Waals surface area contributed by atoms with Crippen LogP contribution in [0.25, 0.3) is 0 Å². The quantitative estimate of drug-likeness (QED) is 0.811. The van der Waals surface area contributed by atoms with Crippen molar-refractivity contribution < 1.29 is 18.3 Å². The summed E-state index contributed by atoms with van der Waals surface area (Å²) in [4.78, 5) is 11.9. The van der Waals surface area contributed by atoms with E-state index < -0.39 is 12.2 Å². The van der Waals surface area contributed by atoms with E-state index in [1.807, 2.05) is 6.92 Å². The highest BCUT2D eigenvalue weighted by atomic mass is 35.5. The van der Waals surface area contributed by atoms with Gasteiger partial charge in [-0.1, -0.05) is 31.5 Å². The number of para-hydroxylation sites is 1. The largest absolute Gasteiger partial charge is 0.434 e. The maximum atomic E-state index is 12.3. The zero-order valence-corrected chi connectivity index (χ0v) is 12.9. The smallest absolute Gasteiger partial charge is 0.387 e. The Bertz CT molecular complexity index is 456. The molecule has 0 aliphatic carbocycles. The van der Waals surface area contributed by atoms with Crippen molar-refractivity contribution in [3.8, 4) is 5.75 Å². The lowest BCUT2D eigenvalue weighted by Crippen LogP contribution is -2.51. The Morgan fingerprint density at radius 1 is 1.43 bits per heavy atom.